The number of carbonyl (C=O) groups is 1. The molecule has 114 valence electrons. The molecule has 2 saturated heterocycles. The van der Waals surface area contributed by atoms with Crippen molar-refractivity contribution in [2.24, 2.45) is 0 Å². The molecule has 1 unspecified atom stereocenters. The van der Waals surface area contributed by atoms with E-state index in [1.54, 1.807) is 0 Å². The standard InChI is InChI=1S/C17H23BrN2O/c1-13-4-2-10-19(13)12-16-5-3-11-20(16)17(21)14-6-8-15(18)9-7-14/h6-9,13,16H,2-5,10-12H2,1H3/t13-,16?/m0/s1. The van der Waals surface area contributed by atoms with E-state index in [9.17, 15) is 4.79 Å². The third kappa shape index (κ3) is 3.32. The summed E-state index contributed by atoms with van der Waals surface area (Å²) in [5, 5.41) is 0. The Kier molecular flexibility index (Phi) is 4.65. The Bertz CT molecular complexity index is 502. The third-order valence-corrected chi connectivity index (χ3v) is 5.39. The van der Waals surface area contributed by atoms with E-state index < -0.39 is 0 Å². The zero-order valence-electron chi connectivity index (χ0n) is 12.6. The van der Waals surface area contributed by atoms with Gasteiger partial charge in [-0.3, -0.25) is 9.69 Å². The van der Waals surface area contributed by atoms with Crippen LogP contribution in [0.1, 0.15) is 43.0 Å². The van der Waals surface area contributed by atoms with Gasteiger partial charge in [0, 0.05) is 35.2 Å². The lowest BCUT2D eigenvalue weighted by Gasteiger charge is -2.30. The van der Waals surface area contributed by atoms with E-state index in [0.29, 0.717) is 12.1 Å². The topological polar surface area (TPSA) is 23.6 Å². The van der Waals surface area contributed by atoms with Gasteiger partial charge in [-0.2, -0.15) is 0 Å². The van der Waals surface area contributed by atoms with Crippen LogP contribution in [0.25, 0.3) is 0 Å². The van der Waals surface area contributed by atoms with Gasteiger partial charge in [-0.1, -0.05) is 15.9 Å². The van der Waals surface area contributed by atoms with Crippen molar-refractivity contribution in [3.8, 4) is 0 Å². The summed E-state index contributed by atoms with van der Waals surface area (Å²) in [6.45, 7) is 5.45. The van der Waals surface area contributed by atoms with Gasteiger partial charge in [0.25, 0.3) is 5.91 Å². The molecule has 0 N–H and O–H groups in total. The third-order valence-electron chi connectivity index (χ3n) is 4.87. The predicted molar refractivity (Wildman–Crippen MR) is 88.5 cm³/mol. The minimum absolute atomic E-state index is 0.192. The summed E-state index contributed by atoms with van der Waals surface area (Å²) in [5.74, 6) is 0.192. The molecule has 2 atom stereocenters. The SMILES string of the molecule is C[C@H]1CCCN1CC1CCCN1C(=O)c1ccc(Br)cc1. The van der Waals surface area contributed by atoms with E-state index in [4.69, 9.17) is 0 Å². The van der Waals surface area contributed by atoms with Gasteiger partial charge < -0.3 is 4.90 Å². The predicted octanol–water partition coefficient (Wildman–Crippen LogP) is 3.54. The molecule has 0 saturated carbocycles. The minimum Gasteiger partial charge on any atom is -0.334 e. The van der Waals surface area contributed by atoms with Crippen LogP contribution in [-0.2, 0) is 0 Å². The van der Waals surface area contributed by atoms with E-state index >= 15 is 0 Å². The highest BCUT2D eigenvalue weighted by Gasteiger charge is 2.32. The van der Waals surface area contributed by atoms with E-state index in [1.165, 1.54) is 19.4 Å². The summed E-state index contributed by atoms with van der Waals surface area (Å²) in [4.78, 5) is 17.4. The quantitative estimate of drug-likeness (QED) is 0.832. The maximum absolute atomic E-state index is 12.7. The summed E-state index contributed by atoms with van der Waals surface area (Å²) in [6.07, 6.45) is 4.88. The minimum atomic E-state index is 0.192. The highest BCUT2D eigenvalue weighted by molar-refractivity contribution is 9.10. The smallest absolute Gasteiger partial charge is 0.254 e. The van der Waals surface area contributed by atoms with Crippen molar-refractivity contribution in [2.75, 3.05) is 19.6 Å². The van der Waals surface area contributed by atoms with Crippen molar-refractivity contribution >= 4 is 21.8 Å². The number of nitrogens with zero attached hydrogens (tertiary/aromatic N) is 2. The number of amides is 1. The molecule has 0 aliphatic carbocycles. The first kappa shape index (κ1) is 15.0. The van der Waals surface area contributed by atoms with E-state index in [-0.39, 0.29) is 5.91 Å². The van der Waals surface area contributed by atoms with Crippen molar-refractivity contribution in [3.05, 3.63) is 34.3 Å². The molecule has 0 aromatic heterocycles. The fourth-order valence-corrected chi connectivity index (χ4v) is 3.85. The van der Waals surface area contributed by atoms with Gasteiger partial charge in [-0.15, -0.1) is 0 Å². The summed E-state index contributed by atoms with van der Waals surface area (Å²) >= 11 is 3.42. The molecule has 1 aromatic carbocycles. The van der Waals surface area contributed by atoms with Gasteiger partial charge in [0.15, 0.2) is 0 Å². The Morgan fingerprint density at radius 2 is 1.90 bits per heavy atom. The van der Waals surface area contributed by atoms with Crippen LogP contribution in [0, 0.1) is 0 Å². The fourth-order valence-electron chi connectivity index (χ4n) is 3.59. The summed E-state index contributed by atoms with van der Waals surface area (Å²) in [5.41, 5.74) is 0.805. The molecule has 1 aromatic rings. The van der Waals surface area contributed by atoms with E-state index in [1.807, 2.05) is 24.3 Å². The van der Waals surface area contributed by atoms with Crippen LogP contribution in [0.4, 0.5) is 0 Å². The second kappa shape index (κ2) is 6.49. The van der Waals surface area contributed by atoms with Crippen molar-refractivity contribution in [1.29, 1.82) is 0 Å². The largest absolute Gasteiger partial charge is 0.334 e. The molecule has 2 aliphatic heterocycles. The number of rotatable bonds is 3. The Labute approximate surface area is 135 Å². The maximum atomic E-state index is 12.7. The Morgan fingerprint density at radius 3 is 2.57 bits per heavy atom. The summed E-state index contributed by atoms with van der Waals surface area (Å²) in [6, 6.07) is 8.79. The van der Waals surface area contributed by atoms with Crippen molar-refractivity contribution in [2.45, 2.75) is 44.7 Å². The fraction of sp³-hybridized carbons (Fsp3) is 0.588. The molecule has 2 heterocycles. The van der Waals surface area contributed by atoms with Crippen LogP contribution in [0.2, 0.25) is 0 Å². The molecule has 3 rings (SSSR count). The zero-order chi connectivity index (χ0) is 14.8. The van der Waals surface area contributed by atoms with Crippen LogP contribution >= 0.6 is 15.9 Å². The van der Waals surface area contributed by atoms with Crippen molar-refractivity contribution in [3.63, 3.8) is 0 Å². The number of hydrogen-bond acceptors (Lipinski definition) is 2. The number of hydrogen-bond donors (Lipinski definition) is 0. The molecular formula is C17H23BrN2O. The monoisotopic (exact) mass is 350 g/mol. The second-order valence-corrected chi connectivity index (χ2v) is 7.20. The highest BCUT2D eigenvalue weighted by atomic mass is 79.9. The average Bonchev–Trinajstić information content (AvgIpc) is 3.09. The van der Waals surface area contributed by atoms with Crippen LogP contribution < -0.4 is 0 Å². The molecule has 0 spiro atoms. The molecule has 0 radical (unpaired) electrons. The molecule has 3 nitrogen and oxygen atoms in total. The van der Waals surface area contributed by atoms with E-state index in [0.717, 1.165) is 36.0 Å². The van der Waals surface area contributed by atoms with Crippen LogP contribution in [0.3, 0.4) is 0 Å². The molecule has 1 amide bonds. The van der Waals surface area contributed by atoms with E-state index in [2.05, 4.69) is 32.7 Å². The molecular weight excluding hydrogens is 328 g/mol. The second-order valence-electron chi connectivity index (χ2n) is 6.29. The first-order valence-electron chi connectivity index (χ1n) is 7.96. The number of halogens is 1. The maximum Gasteiger partial charge on any atom is 0.254 e. The molecule has 0 bridgehead atoms. The molecule has 4 heteroatoms. The lowest BCUT2D eigenvalue weighted by Crippen LogP contribution is -2.44. The van der Waals surface area contributed by atoms with Crippen LogP contribution in [0.5, 0.6) is 0 Å². The number of benzene rings is 1. The Balaban J connectivity index is 1.68. The van der Waals surface area contributed by atoms with Gasteiger partial charge >= 0.3 is 0 Å². The Morgan fingerprint density at radius 1 is 1.19 bits per heavy atom. The first-order chi connectivity index (χ1) is 10.1. The van der Waals surface area contributed by atoms with Crippen LogP contribution in [0.15, 0.2) is 28.7 Å². The lowest BCUT2D eigenvalue weighted by molar-refractivity contribution is 0.0696. The lowest BCUT2D eigenvalue weighted by atomic mass is 10.1. The summed E-state index contributed by atoms with van der Waals surface area (Å²) < 4.78 is 1.02. The van der Waals surface area contributed by atoms with Gasteiger partial charge in [0.2, 0.25) is 0 Å². The van der Waals surface area contributed by atoms with Gasteiger partial charge in [-0.25, -0.2) is 0 Å². The highest BCUT2D eigenvalue weighted by Crippen LogP contribution is 2.25. The molecule has 2 fully saturated rings. The number of carbonyl (C=O) groups excluding carboxylic acids is 1. The molecule has 2 aliphatic rings. The van der Waals surface area contributed by atoms with Gasteiger partial charge in [0.05, 0.1) is 0 Å². The Hall–Kier alpha value is -0.870. The first-order valence-corrected chi connectivity index (χ1v) is 8.75. The normalized spacial score (nSPS) is 26.5. The average molecular weight is 351 g/mol. The van der Waals surface area contributed by atoms with Crippen LogP contribution in [-0.4, -0.2) is 47.4 Å². The van der Waals surface area contributed by atoms with Gasteiger partial charge in [0.1, 0.15) is 0 Å². The number of likely N-dealkylation sites (tertiary alicyclic amines) is 2. The summed E-state index contributed by atoms with van der Waals surface area (Å²) in [7, 11) is 0. The zero-order valence-corrected chi connectivity index (χ0v) is 14.2. The molecule has 21 heavy (non-hydrogen) atoms. The van der Waals surface area contributed by atoms with Crippen molar-refractivity contribution in [1.82, 2.24) is 9.80 Å². The van der Waals surface area contributed by atoms with Crippen molar-refractivity contribution < 1.29 is 4.79 Å². The van der Waals surface area contributed by atoms with Gasteiger partial charge in [-0.05, 0) is 63.4 Å².